The molecule has 1 aromatic carbocycles. The number of nitrogens with zero attached hydrogens (tertiary/aromatic N) is 1. The minimum Gasteiger partial charge on any atom is -0.356 e. The average Bonchev–Trinajstić information content (AvgIpc) is 2.80. The lowest BCUT2D eigenvalue weighted by Gasteiger charge is -2.08. The van der Waals surface area contributed by atoms with Gasteiger partial charge < -0.3 is 9.84 Å². The van der Waals surface area contributed by atoms with Crippen molar-refractivity contribution >= 4 is 23.2 Å². The molecule has 102 valence electrons. The van der Waals surface area contributed by atoms with Gasteiger partial charge in [-0.2, -0.15) is 0 Å². The van der Waals surface area contributed by atoms with E-state index in [-0.39, 0.29) is 0 Å². The molecule has 2 rings (SSSR count). The molecule has 0 aliphatic carbocycles. The van der Waals surface area contributed by atoms with Crippen LogP contribution in [0.4, 0.5) is 0 Å². The van der Waals surface area contributed by atoms with Gasteiger partial charge in [0.25, 0.3) is 0 Å². The van der Waals surface area contributed by atoms with Gasteiger partial charge in [-0.15, -0.1) is 0 Å². The van der Waals surface area contributed by atoms with Crippen LogP contribution in [0, 0.1) is 5.92 Å². The summed E-state index contributed by atoms with van der Waals surface area (Å²) in [4.78, 5) is 0. The van der Waals surface area contributed by atoms with Crippen LogP contribution in [0.25, 0.3) is 11.3 Å². The summed E-state index contributed by atoms with van der Waals surface area (Å²) >= 11 is 12.2. The summed E-state index contributed by atoms with van der Waals surface area (Å²) in [5.74, 6) is 1.27. The Balaban J connectivity index is 2.21. The molecular weight excluding hydrogens is 283 g/mol. The Morgan fingerprint density at radius 2 is 2.11 bits per heavy atom. The van der Waals surface area contributed by atoms with Gasteiger partial charge in [0.15, 0.2) is 5.76 Å². The summed E-state index contributed by atoms with van der Waals surface area (Å²) in [6.45, 7) is 5.96. The van der Waals surface area contributed by atoms with Crippen molar-refractivity contribution in [1.82, 2.24) is 10.5 Å². The highest BCUT2D eigenvalue weighted by atomic mass is 35.5. The van der Waals surface area contributed by atoms with Crippen molar-refractivity contribution in [2.45, 2.75) is 20.4 Å². The fraction of sp³-hybridized carbons (Fsp3) is 0.357. The molecule has 0 spiro atoms. The van der Waals surface area contributed by atoms with Gasteiger partial charge in [-0.3, -0.25) is 0 Å². The number of benzene rings is 1. The first-order chi connectivity index (χ1) is 9.09. The molecule has 0 fully saturated rings. The largest absolute Gasteiger partial charge is 0.356 e. The molecule has 3 nitrogen and oxygen atoms in total. The Hall–Kier alpha value is -1.03. The van der Waals surface area contributed by atoms with Gasteiger partial charge in [-0.1, -0.05) is 48.3 Å². The Morgan fingerprint density at radius 1 is 1.32 bits per heavy atom. The Bertz CT molecular complexity index is 552. The Labute approximate surface area is 122 Å². The number of halogens is 2. The lowest BCUT2D eigenvalue weighted by atomic mass is 10.1. The minimum atomic E-state index is 0.492. The fourth-order valence-electron chi connectivity index (χ4n) is 1.78. The maximum absolute atomic E-state index is 6.20. The third kappa shape index (κ3) is 3.50. The predicted molar refractivity (Wildman–Crippen MR) is 78.5 cm³/mol. The summed E-state index contributed by atoms with van der Waals surface area (Å²) in [5.41, 5.74) is 1.75. The van der Waals surface area contributed by atoms with Crippen LogP contribution in [0.2, 0.25) is 10.0 Å². The lowest BCUT2D eigenvalue weighted by molar-refractivity contribution is 0.431. The van der Waals surface area contributed by atoms with E-state index < -0.39 is 0 Å². The highest BCUT2D eigenvalue weighted by Crippen LogP contribution is 2.35. The number of hydrogen-bond donors (Lipinski definition) is 1. The van der Waals surface area contributed by atoms with E-state index in [0.717, 1.165) is 17.7 Å². The molecule has 19 heavy (non-hydrogen) atoms. The van der Waals surface area contributed by atoms with Gasteiger partial charge >= 0.3 is 0 Å². The zero-order chi connectivity index (χ0) is 13.8. The van der Waals surface area contributed by atoms with E-state index >= 15 is 0 Å². The Morgan fingerprint density at radius 3 is 2.84 bits per heavy atom. The van der Waals surface area contributed by atoms with Gasteiger partial charge in [0, 0.05) is 17.7 Å². The van der Waals surface area contributed by atoms with Crippen molar-refractivity contribution in [3.05, 3.63) is 40.0 Å². The molecule has 5 heteroatoms. The molecular formula is C14H16Cl2N2O. The van der Waals surface area contributed by atoms with Gasteiger partial charge in [0.1, 0.15) is 0 Å². The second-order valence-electron chi connectivity index (χ2n) is 4.81. The smallest absolute Gasteiger partial charge is 0.172 e. The van der Waals surface area contributed by atoms with E-state index in [0.29, 0.717) is 28.3 Å². The van der Waals surface area contributed by atoms with Gasteiger partial charge in [0.05, 0.1) is 16.2 Å². The maximum atomic E-state index is 6.20. The minimum absolute atomic E-state index is 0.492. The van der Waals surface area contributed by atoms with Crippen molar-refractivity contribution in [3.8, 4) is 11.3 Å². The summed E-state index contributed by atoms with van der Waals surface area (Å²) in [6.07, 6.45) is 1.71. The molecule has 0 saturated carbocycles. The molecule has 0 unspecified atom stereocenters. The molecule has 0 aliphatic heterocycles. The molecule has 1 N–H and O–H groups in total. The number of rotatable bonds is 5. The van der Waals surface area contributed by atoms with E-state index in [4.69, 9.17) is 27.7 Å². The summed E-state index contributed by atoms with van der Waals surface area (Å²) in [7, 11) is 0. The van der Waals surface area contributed by atoms with Crippen molar-refractivity contribution in [2.24, 2.45) is 5.92 Å². The van der Waals surface area contributed by atoms with Crippen LogP contribution >= 0.6 is 23.2 Å². The van der Waals surface area contributed by atoms with E-state index in [1.54, 1.807) is 12.3 Å². The number of hydrogen-bond acceptors (Lipinski definition) is 3. The quantitative estimate of drug-likeness (QED) is 0.889. The fourth-order valence-corrected chi connectivity index (χ4v) is 2.17. The monoisotopic (exact) mass is 298 g/mol. The van der Waals surface area contributed by atoms with Crippen molar-refractivity contribution < 1.29 is 4.52 Å². The number of nitrogens with one attached hydrogen (secondary N) is 1. The van der Waals surface area contributed by atoms with E-state index in [1.165, 1.54) is 0 Å². The highest BCUT2D eigenvalue weighted by molar-refractivity contribution is 6.43. The van der Waals surface area contributed by atoms with Gasteiger partial charge in [-0.05, 0) is 24.6 Å². The highest BCUT2D eigenvalue weighted by Gasteiger charge is 2.15. The topological polar surface area (TPSA) is 38.1 Å². The molecule has 2 aromatic rings. The normalized spacial score (nSPS) is 11.2. The first kappa shape index (κ1) is 14.4. The summed E-state index contributed by atoms with van der Waals surface area (Å²) < 4.78 is 5.31. The third-order valence-corrected chi connectivity index (χ3v) is 3.53. The lowest BCUT2D eigenvalue weighted by Crippen LogP contribution is -2.18. The molecule has 0 amide bonds. The van der Waals surface area contributed by atoms with Crippen LogP contribution < -0.4 is 5.32 Å². The van der Waals surface area contributed by atoms with Crippen molar-refractivity contribution in [2.75, 3.05) is 6.54 Å². The van der Waals surface area contributed by atoms with Gasteiger partial charge in [-0.25, -0.2) is 0 Å². The molecule has 0 atom stereocenters. The van der Waals surface area contributed by atoms with Crippen LogP contribution in [0.3, 0.4) is 0 Å². The molecule has 0 radical (unpaired) electrons. The zero-order valence-corrected chi connectivity index (χ0v) is 12.4. The van der Waals surface area contributed by atoms with Crippen molar-refractivity contribution in [1.29, 1.82) is 0 Å². The van der Waals surface area contributed by atoms with Gasteiger partial charge in [0.2, 0.25) is 0 Å². The third-order valence-electron chi connectivity index (χ3n) is 2.71. The first-order valence-electron chi connectivity index (χ1n) is 6.18. The average molecular weight is 299 g/mol. The maximum Gasteiger partial charge on any atom is 0.172 e. The van der Waals surface area contributed by atoms with E-state index in [2.05, 4.69) is 24.3 Å². The number of aromatic nitrogens is 1. The first-order valence-corrected chi connectivity index (χ1v) is 6.94. The second kappa shape index (κ2) is 6.42. The zero-order valence-electron chi connectivity index (χ0n) is 10.9. The Kier molecular flexibility index (Phi) is 4.86. The molecule has 0 saturated heterocycles. The molecule has 0 aliphatic rings. The van der Waals surface area contributed by atoms with Crippen LogP contribution in [-0.2, 0) is 6.54 Å². The van der Waals surface area contributed by atoms with E-state index in [9.17, 15) is 0 Å². The summed E-state index contributed by atoms with van der Waals surface area (Å²) in [6, 6.07) is 5.47. The standard InChI is InChI=1S/C14H16Cl2N2O/c1-9(2)6-17-7-10-8-18-19-14(10)11-4-3-5-12(15)13(11)16/h3-5,8-9,17H,6-7H2,1-2H3. The molecule has 1 aromatic heterocycles. The van der Waals surface area contributed by atoms with Crippen LogP contribution in [0.15, 0.2) is 28.9 Å². The van der Waals surface area contributed by atoms with Crippen LogP contribution in [0.1, 0.15) is 19.4 Å². The summed E-state index contributed by atoms with van der Waals surface area (Å²) in [5, 5.41) is 8.21. The van der Waals surface area contributed by atoms with E-state index in [1.807, 2.05) is 12.1 Å². The van der Waals surface area contributed by atoms with Crippen LogP contribution in [-0.4, -0.2) is 11.7 Å². The molecule has 0 bridgehead atoms. The van der Waals surface area contributed by atoms with Crippen molar-refractivity contribution in [3.63, 3.8) is 0 Å². The molecule has 1 heterocycles. The van der Waals surface area contributed by atoms with Crippen LogP contribution in [0.5, 0.6) is 0 Å². The predicted octanol–water partition coefficient (Wildman–Crippen LogP) is 4.39. The second-order valence-corrected chi connectivity index (χ2v) is 5.59. The SMILES string of the molecule is CC(C)CNCc1cnoc1-c1cccc(Cl)c1Cl.